The second-order valence-electron chi connectivity index (χ2n) is 4.29. The van der Waals surface area contributed by atoms with Gasteiger partial charge in [0.1, 0.15) is 11.6 Å². The first-order chi connectivity index (χ1) is 9.52. The van der Waals surface area contributed by atoms with Gasteiger partial charge in [-0.05, 0) is 31.2 Å². The summed E-state index contributed by atoms with van der Waals surface area (Å²) in [5.41, 5.74) is 5.91. The Labute approximate surface area is 115 Å². The van der Waals surface area contributed by atoms with Crippen LogP contribution in [0.2, 0.25) is 0 Å². The van der Waals surface area contributed by atoms with Crippen molar-refractivity contribution in [2.75, 3.05) is 18.2 Å². The van der Waals surface area contributed by atoms with Crippen LogP contribution in [0.4, 0.5) is 15.8 Å². The topological polar surface area (TPSA) is 77.5 Å². The number of esters is 1. The molecule has 0 spiro atoms. The molecule has 0 saturated heterocycles. The number of methoxy groups -OCH3 is 1. The zero-order chi connectivity index (χ0) is 14.7. The summed E-state index contributed by atoms with van der Waals surface area (Å²) in [6.45, 7) is 1.81. The van der Waals surface area contributed by atoms with Crippen molar-refractivity contribution in [1.29, 1.82) is 0 Å². The molecule has 2 aromatic rings. The summed E-state index contributed by atoms with van der Waals surface area (Å²) in [5.74, 6) is -0.509. The second-order valence-corrected chi connectivity index (χ2v) is 4.29. The maximum Gasteiger partial charge on any atom is 0.340 e. The van der Waals surface area contributed by atoms with E-state index in [-0.39, 0.29) is 23.0 Å². The lowest BCUT2D eigenvalue weighted by Crippen LogP contribution is -2.11. The predicted molar refractivity (Wildman–Crippen MR) is 72.9 cm³/mol. The van der Waals surface area contributed by atoms with Gasteiger partial charge in [0, 0.05) is 5.69 Å². The number of carbonyl (C=O) groups is 1. The number of hydrogen-bond donors (Lipinski definition) is 2. The Balaban J connectivity index is 2.29. The number of anilines is 2. The largest absolute Gasteiger partial charge is 0.467 e. The zero-order valence-corrected chi connectivity index (χ0v) is 11.1. The van der Waals surface area contributed by atoms with E-state index >= 15 is 0 Å². The van der Waals surface area contributed by atoms with Crippen molar-refractivity contribution >= 4 is 17.3 Å². The minimum Gasteiger partial charge on any atom is -0.467 e. The number of nitrogens with one attached hydrogen (secondary N) is 1. The smallest absolute Gasteiger partial charge is 0.340 e. The standard InChI is InChI=1S/C14H15FN2O3/c1-8(13-4-3-5-20-13)17-12-6-9(14(18)19-2)11(16)7-10(12)15/h3-8,17H,16H2,1-2H3. The number of ether oxygens (including phenoxy) is 1. The minimum absolute atomic E-state index is 0.0329. The van der Waals surface area contributed by atoms with Crippen LogP contribution >= 0.6 is 0 Å². The van der Waals surface area contributed by atoms with E-state index in [4.69, 9.17) is 10.2 Å². The van der Waals surface area contributed by atoms with Crippen LogP contribution in [0.5, 0.6) is 0 Å². The zero-order valence-electron chi connectivity index (χ0n) is 11.1. The molecule has 1 aromatic carbocycles. The van der Waals surface area contributed by atoms with E-state index in [0.717, 1.165) is 6.07 Å². The van der Waals surface area contributed by atoms with Gasteiger partial charge in [-0.1, -0.05) is 0 Å². The van der Waals surface area contributed by atoms with E-state index in [9.17, 15) is 9.18 Å². The lowest BCUT2D eigenvalue weighted by molar-refractivity contribution is 0.0602. The molecular formula is C14H15FN2O3. The molecule has 5 nitrogen and oxygen atoms in total. The van der Waals surface area contributed by atoms with Crippen LogP contribution < -0.4 is 11.1 Å². The molecular weight excluding hydrogens is 263 g/mol. The fourth-order valence-corrected chi connectivity index (χ4v) is 1.83. The van der Waals surface area contributed by atoms with Gasteiger partial charge in [0.15, 0.2) is 0 Å². The van der Waals surface area contributed by atoms with Gasteiger partial charge in [0.05, 0.1) is 30.7 Å². The molecule has 0 fully saturated rings. The number of carbonyl (C=O) groups excluding carboxylic acids is 1. The number of nitrogens with two attached hydrogens (primary N) is 1. The number of rotatable bonds is 4. The summed E-state index contributed by atoms with van der Waals surface area (Å²) < 4.78 is 23.7. The van der Waals surface area contributed by atoms with Gasteiger partial charge in [-0.25, -0.2) is 9.18 Å². The van der Waals surface area contributed by atoms with Crippen LogP contribution in [0.25, 0.3) is 0 Å². The van der Waals surface area contributed by atoms with Crippen LogP contribution in [-0.2, 0) is 4.74 Å². The third-order valence-corrected chi connectivity index (χ3v) is 2.89. The lowest BCUT2D eigenvalue weighted by atomic mass is 10.1. The Morgan fingerprint density at radius 2 is 2.25 bits per heavy atom. The van der Waals surface area contributed by atoms with E-state index in [1.807, 2.05) is 6.92 Å². The van der Waals surface area contributed by atoms with Crippen molar-refractivity contribution in [1.82, 2.24) is 0 Å². The maximum atomic E-state index is 13.9. The molecule has 0 radical (unpaired) electrons. The molecule has 0 aliphatic rings. The molecule has 106 valence electrons. The molecule has 2 rings (SSSR count). The van der Waals surface area contributed by atoms with Crippen molar-refractivity contribution in [3.05, 3.63) is 47.7 Å². The molecule has 6 heteroatoms. The molecule has 0 amide bonds. The summed E-state index contributed by atoms with van der Waals surface area (Å²) in [6, 6.07) is 5.67. The molecule has 3 N–H and O–H groups in total. The average Bonchev–Trinajstić information content (AvgIpc) is 2.95. The van der Waals surface area contributed by atoms with Gasteiger partial charge >= 0.3 is 5.97 Å². The van der Waals surface area contributed by atoms with E-state index in [1.54, 1.807) is 12.1 Å². The van der Waals surface area contributed by atoms with Gasteiger partial charge in [-0.2, -0.15) is 0 Å². The summed E-state index contributed by atoms with van der Waals surface area (Å²) in [4.78, 5) is 11.5. The Bertz CT molecular complexity index is 611. The average molecular weight is 278 g/mol. The highest BCUT2D eigenvalue weighted by Crippen LogP contribution is 2.26. The van der Waals surface area contributed by atoms with E-state index < -0.39 is 11.8 Å². The number of furan rings is 1. The Hall–Kier alpha value is -2.50. The number of benzene rings is 1. The molecule has 1 aromatic heterocycles. The quantitative estimate of drug-likeness (QED) is 0.664. The van der Waals surface area contributed by atoms with E-state index in [0.29, 0.717) is 5.76 Å². The fraction of sp³-hybridized carbons (Fsp3) is 0.214. The van der Waals surface area contributed by atoms with Crippen LogP contribution in [0, 0.1) is 5.82 Å². The molecule has 0 aliphatic heterocycles. The van der Waals surface area contributed by atoms with Crippen LogP contribution in [0.15, 0.2) is 34.9 Å². The molecule has 1 unspecified atom stereocenters. The monoisotopic (exact) mass is 278 g/mol. The van der Waals surface area contributed by atoms with Gasteiger partial charge in [0.2, 0.25) is 0 Å². The van der Waals surface area contributed by atoms with Crippen LogP contribution in [0.3, 0.4) is 0 Å². The fourth-order valence-electron chi connectivity index (χ4n) is 1.83. The van der Waals surface area contributed by atoms with Crippen LogP contribution in [-0.4, -0.2) is 13.1 Å². The third-order valence-electron chi connectivity index (χ3n) is 2.89. The SMILES string of the molecule is COC(=O)c1cc(NC(C)c2ccco2)c(F)cc1N. The Morgan fingerprint density at radius 1 is 1.50 bits per heavy atom. The van der Waals surface area contributed by atoms with Gasteiger partial charge in [-0.3, -0.25) is 0 Å². The van der Waals surface area contributed by atoms with E-state index in [1.165, 1.54) is 19.4 Å². The van der Waals surface area contributed by atoms with Crippen molar-refractivity contribution in [3.63, 3.8) is 0 Å². The van der Waals surface area contributed by atoms with Crippen molar-refractivity contribution in [2.45, 2.75) is 13.0 Å². The number of hydrogen-bond acceptors (Lipinski definition) is 5. The highest BCUT2D eigenvalue weighted by Gasteiger charge is 2.17. The number of nitrogen functional groups attached to an aromatic ring is 1. The summed E-state index contributed by atoms with van der Waals surface area (Å²) in [7, 11) is 1.24. The van der Waals surface area contributed by atoms with Gasteiger partial charge < -0.3 is 20.2 Å². The highest BCUT2D eigenvalue weighted by molar-refractivity contribution is 5.96. The van der Waals surface area contributed by atoms with Crippen molar-refractivity contribution in [2.24, 2.45) is 0 Å². The predicted octanol–water partition coefficient (Wildman–Crippen LogP) is 2.96. The second kappa shape index (κ2) is 5.64. The third kappa shape index (κ3) is 2.74. The molecule has 1 atom stereocenters. The summed E-state index contributed by atoms with van der Waals surface area (Å²) >= 11 is 0. The summed E-state index contributed by atoms with van der Waals surface area (Å²) in [5, 5.41) is 2.93. The lowest BCUT2D eigenvalue weighted by Gasteiger charge is -2.15. The number of halogens is 1. The molecule has 0 aliphatic carbocycles. The normalized spacial score (nSPS) is 11.9. The summed E-state index contributed by atoms with van der Waals surface area (Å²) in [6.07, 6.45) is 1.53. The molecule has 0 bridgehead atoms. The van der Waals surface area contributed by atoms with E-state index in [2.05, 4.69) is 10.1 Å². The molecule has 1 heterocycles. The first kappa shape index (κ1) is 13.9. The van der Waals surface area contributed by atoms with Crippen molar-refractivity contribution < 1.29 is 18.3 Å². The minimum atomic E-state index is -0.615. The first-order valence-electron chi connectivity index (χ1n) is 6.00. The first-order valence-corrected chi connectivity index (χ1v) is 6.00. The highest BCUT2D eigenvalue weighted by atomic mass is 19.1. The Morgan fingerprint density at radius 3 is 2.85 bits per heavy atom. The van der Waals surface area contributed by atoms with Crippen molar-refractivity contribution in [3.8, 4) is 0 Å². The maximum absolute atomic E-state index is 13.9. The van der Waals surface area contributed by atoms with Gasteiger partial charge in [0.25, 0.3) is 0 Å². The Kier molecular flexibility index (Phi) is 3.93. The molecule has 0 saturated carbocycles. The van der Waals surface area contributed by atoms with Gasteiger partial charge in [-0.15, -0.1) is 0 Å². The van der Waals surface area contributed by atoms with Crippen LogP contribution in [0.1, 0.15) is 29.1 Å². The molecule has 20 heavy (non-hydrogen) atoms.